The fourth-order valence-electron chi connectivity index (χ4n) is 3.35. The molecule has 3 aromatic rings. The van der Waals surface area contributed by atoms with E-state index in [1.165, 1.54) is 12.3 Å². The molecule has 1 heterocycles. The Labute approximate surface area is 220 Å². The van der Waals surface area contributed by atoms with Gasteiger partial charge in [-0.25, -0.2) is 4.98 Å². The summed E-state index contributed by atoms with van der Waals surface area (Å²) >= 11 is 5.99. The van der Waals surface area contributed by atoms with Crippen LogP contribution in [-0.4, -0.2) is 35.3 Å². The number of nitrogens with one attached hydrogen (secondary N) is 4. The maximum absolute atomic E-state index is 13.3. The summed E-state index contributed by atoms with van der Waals surface area (Å²) in [6.45, 7) is 6.06. The number of rotatable bonds is 10. The summed E-state index contributed by atoms with van der Waals surface area (Å²) in [6, 6.07) is 14.0. The zero-order chi connectivity index (χ0) is 26.9. The second-order valence-corrected chi connectivity index (χ2v) is 8.52. The summed E-state index contributed by atoms with van der Waals surface area (Å²) < 4.78 is 11.6. The zero-order valence-corrected chi connectivity index (χ0v) is 21.4. The molecular weight excluding hydrogens is 496 g/mol. The van der Waals surface area contributed by atoms with Gasteiger partial charge in [0.05, 0.1) is 18.3 Å². The molecule has 0 aliphatic rings. The number of halogens is 1. The van der Waals surface area contributed by atoms with Crippen LogP contribution in [0.5, 0.6) is 11.5 Å². The Kier molecular flexibility index (Phi) is 9.28. The maximum atomic E-state index is 13.3. The molecule has 6 N–H and O–H groups in total. The van der Waals surface area contributed by atoms with Crippen molar-refractivity contribution in [2.24, 2.45) is 5.73 Å². The molecule has 0 saturated heterocycles. The number of anilines is 1. The fraction of sp³-hybridized carbons (Fsp3) is 0.231. The Morgan fingerprint density at radius 1 is 1.08 bits per heavy atom. The third-order valence-corrected chi connectivity index (χ3v) is 5.34. The number of nitrogens with two attached hydrogens (primary N) is 1. The number of hydrazine groups is 1. The molecule has 0 spiro atoms. The summed E-state index contributed by atoms with van der Waals surface area (Å²) in [5.41, 5.74) is 12.2. The number of hydrogen-bond donors (Lipinski definition) is 5. The number of amides is 2. The Morgan fingerprint density at radius 2 is 1.81 bits per heavy atom. The van der Waals surface area contributed by atoms with Crippen LogP contribution in [-0.2, 0) is 4.79 Å². The van der Waals surface area contributed by atoms with Gasteiger partial charge in [-0.2, -0.15) is 0 Å². The molecule has 2 amide bonds. The van der Waals surface area contributed by atoms with E-state index >= 15 is 0 Å². The fourth-order valence-corrected chi connectivity index (χ4v) is 3.56. The Hall–Kier alpha value is -4.31. The highest BCUT2D eigenvalue weighted by molar-refractivity contribution is 6.32. The second-order valence-electron chi connectivity index (χ2n) is 8.16. The van der Waals surface area contributed by atoms with Gasteiger partial charge in [-0.05, 0) is 74.9 Å². The smallest absolute Gasteiger partial charge is 0.272 e. The first kappa shape index (κ1) is 27.3. The molecule has 0 aliphatic heterocycles. The summed E-state index contributed by atoms with van der Waals surface area (Å²) in [5, 5.41) is 10.7. The van der Waals surface area contributed by atoms with E-state index in [0.29, 0.717) is 34.9 Å². The van der Waals surface area contributed by atoms with Crippen LogP contribution >= 0.6 is 11.6 Å². The molecule has 1 aromatic heterocycles. The molecule has 0 fully saturated rings. The number of hydrogen-bond acceptors (Lipinski definition) is 7. The average Bonchev–Trinajstić information content (AvgIpc) is 2.87. The predicted molar refractivity (Wildman–Crippen MR) is 142 cm³/mol. The monoisotopic (exact) mass is 524 g/mol. The van der Waals surface area contributed by atoms with Gasteiger partial charge in [-0.3, -0.25) is 25.8 Å². The first-order valence-electron chi connectivity index (χ1n) is 11.5. The van der Waals surface area contributed by atoms with Crippen molar-refractivity contribution in [2.45, 2.75) is 32.9 Å². The van der Waals surface area contributed by atoms with Gasteiger partial charge in [0.25, 0.3) is 11.8 Å². The van der Waals surface area contributed by atoms with Crippen LogP contribution in [0.4, 0.5) is 5.69 Å². The minimum atomic E-state index is -0.944. The van der Waals surface area contributed by atoms with Crippen molar-refractivity contribution in [1.82, 2.24) is 15.8 Å². The van der Waals surface area contributed by atoms with Gasteiger partial charge in [0, 0.05) is 17.4 Å². The zero-order valence-electron chi connectivity index (χ0n) is 20.7. The van der Waals surface area contributed by atoms with Gasteiger partial charge in [0.15, 0.2) is 11.5 Å². The third-order valence-electron chi connectivity index (χ3n) is 5.04. The van der Waals surface area contributed by atoms with E-state index in [1.807, 2.05) is 20.8 Å². The van der Waals surface area contributed by atoms with Crippen molar-refractivity contribution in [1.29, 1.82) is 5.41 Å². The topological polar surface area (TPSA) is 151 Å². The van der Waals surface area contributed by atoms with E-state index in [9.17, 15) is 9.59 Å². The second kappa shape index (κ2) is 12.6. The summed E-state index contributed by atoms with van der Waals surface area (Å²) in [5.74, 6) is -0.216. The highest BCUT2D eigenvalue weighted by Crippen LogP contribution is 2.33. The number of benzene rings is 2. The number of aromatic nitrogens is 1. The first-order chi connectivity index (χ1) is 17.7. The molecule has 2 aromatic carbocycles. The molecular formula is C26H29ClN6O4. The number of nitrogen functional groups attached to an aromatic ring is 1. The largest absolute Gasteiger partial charge is 0.490 e. The van der Waals surface area contributed by atoms with Crippen LogP contribution in [0.1, 0.15) is 48.3 Å². The predicted octanol–water partition coefficient (Wildman–Crippen LogP) is 3.82. The molecule has 37 heavy (non-hydrogen) atoms. The van der Waals surface area contributed by atoms with E-state index in [0.717, 1.165) is 0 Å². The lowest BCUT2D eigenvalue weighted by atomic mass is 10.0. The third kappa shape index (κ3) is 7.34. The van der Waals surface area contributed by atoms with Crippen LogP contribution in [0.15, 0.2) is 60.8 Å². The number of carbonyl (C=O) groups is 2. The van der Waals surface area contributed by atoms with Crippen LogP contribution in [0.2, 0.25) is 5.15 Å². The summed E-state index contributed by atoms with van der Waals surface area (Å²) in [7, 11) is 0. The Morgan fingerprint density at radius 3 is 2.43 bits per heavy atom. The van der Waals surface area contributed by atoms with Crippen LogP contribution in [0, 0.1) is 5.41 Å². The standard InChI is InChI=1S/C26H29ClN6O4/c1-4-36-21-14-17(9-12-20(21)37-15(2)3)22(31-18-10-7-16(8-11-18)24(28)29)26(35)33-32-25(34)19-6-5-13-30-23(19)27/h5-15,22,31H,4H2,1-3H3,(H3,28,29)(H,32,34)(H,33,35). The molecule has 194 valence electrons. The van der Waals surface area contributed by atoms with Crippen LogP contribution in [0.25, 0.3) is 0 Å². The SMILES string of the molecule is CCOc1cc(C(Nc2ccc(C(=N)N)cc2)C(=O)NNC(=O)c2cccnc2Cl)ccc1OC(C)C. The van der Waals surface area contributed by atoms with Crippen molar-refractivity contribution < 1.29 is 19.1 Å². The molecule has 0 saturated carbocycles. The molecule has 0 radical (unpaired) electrons. The molecule has 3 rings (SSSR count). The molecule has 11 heteroatoms. The van der Waals surface area contributed by atoms with E-state index in [4.69, 9.17) is 32.2 Å². The van der Waals surface area contributed by atoms with Crippen LogP contribution < -0.4 is 31.4 Å². The van der Waals surface area contributed by atoms with E-state index in [2.05, 4.69) is 21.2 Å². The Bertz CT molecular complexity index is 1270. The quantitative estimate of drug-likeness (QED) is 0.117. The van der Waals surface area contributed by atoms with E-state index < -0.39 is 17.9 Å². The van der Waals surface area contributed by atoms with Gasteiger partial charge in [0.2, 0.25) is 0 Å². The lowest BCUT2D eigenvalue weighted by molar-refractivity contribution is -0.122. The summed E-state index contributed by atoms with van der Waals surface area (Å²) in [4.78, 5) is 29.7. The van der Waals surface area contributed by atoms with Gasteiger partial charge in [-0.1, -0.05) is 17.7 Å². The number of carbonyl (C=O) groups excluding carboxylic acids is 2. The average molecular weight is 525 g/mol. The van der Waals surface area contributed by atoms with Crippen molar-refractivity contribution in [3.63, 3.8) is 0 Å². The minimum absolute atomic E-state index is 0.0107. The first-order valence-corrected chi connectivity index (χ1v) is 11.9. The van der Waals surface area contributed by atoms with Crippen LogP contribution in [0.3, 0.4) is 0 Å². The lowest BCUT2D eigenvalue weighted by Crippen LogP contribution is -2.45. The molecule has 10 nitrogen and oxygen atoms in total. The van der Waals surface area contributed by atoms with Crippen molar-refractivity contribution in [3.05, 3.63) is 82.6 Å². The highest BCUT2D eigenvalue weighted by Gasteiger charge is 2.24. The van der Waals surface area contributed by atoms with Crippen molar-refractivity contribution >= 4 is 34.9 Å². The number of amidine groups is 1. The lowest BCUT2D eigenvalue weighted by Gasteiger charge is -2.22. The van der Waals surface area contributed by atoms with Crippen molar-refractivity contribution in [2.75, 3.05) is 11.9 Å². The minimum Gasteiger partial charge on any atom is -0.490 e. The number of nitrogens with zero attached hydrogens (tertiary/aromatic N) is 1. The van der Waals surface area contributed by atoms with Gasteiger partial charge in [0.1, 0.15) is 17.0 Å². The number of ether oxygens (including phenoxy) is 2. The number of pyridine rings is 1. The molecule has 1 atom stereocenters. The van der Waals surface area contributed by atoms with E-state index in [-0.39, 0.29) is 22.7 Å². The highest BCUT2D eigenvalue weighted by atomic mass is 35.5. The molecule has 1 unspecified atom stereocenters. The Balaban J connectivity index is 1.89. The maximum Gasteiger partial charge on any atom is 0.272 e. The van der Waals surface area contributed by atoms with Gasteiger partial charge in [-0.15, -0.1) is 0 Å². The summed E-state index contributed by atoms with van der Waals surface area (Å²) in [6.07, 6.45) is 1.38. The molecule has 0 aliphatic carbocycles. The normalized spacial score (nSPS) is 11.4. The molecule has 0 bridgehead atoms. The van der Waals surface area contributed by atoms with Gasteiger partial charge < -0.3 is 20.5 Å². The van der Waals surface area contributed by atoms with E-state index in [1.54, 1.807) is 48.5 Å². The van der Waals surface area contributed by atoms with Crippen molar-refractivity contribution in [3.8, 4) is 11.5 Å². The van der Waals surface area contributed by atoms with Gasteiger partial charge >= 0.3 is 0 Å².